The van der Waals surface area contributed by atoms with Gasteiger partial charge in [-0.1, -0.05) is 42.5 Å². The highest BCUT2D eigenvalue weighted by Crippen LogP contribution is 2.26. The zero-order chi connectivity index (χ0) is 19.3. The van der Waals surface area contributed by atoms with E-state index in [4.69, 9.17) is 4.42 Å². The first-order valence-corrected chi connectivity index (χ1v) is 9.14. The zero-order valence-corrected chi connectivity index (χ0v) is 15.6. The largest absolute Gasteiger partial charge is 0.461 e. The first-order valence-electron chi connectivity index (χ1n) is 9.14. The smallest absolute Gasteiger partial charge is 0.259 e. The maximum absolute atomic E-state index is 12.7. The molecule has 0 spiro atoms. The third kappa shape index (κ3) is 4.01. The van der Waals surface area contributed by atoms with Crippen LogP contribution >= 0.6 is 0 Å². The van der Waals surface area contributed by atoms with Crippen LogP contribution in [0.1, 0.15) is 27.2 Å². The molecule has 2 aromatic carbocycles. The minimum Gasteiger partial charge on any atom is -0.461 e. The summed E-state index contributed by atoms with van der Waals surface area (Å²) in [6.07, 6.45) is 4.42. The lowest BCUT2D eigenvalue weighted by Crippen LogP contribution is -2.12. The quantitative estimate of drug-likeness (QED) is 0.506. The summed E-state index contributed by atoms with van der Waals surface area (Å²) in [6.45, 7) is 1.80. The van der Waals surface area contributed by atoms with Crippen molar-refractivity contribution in [1.29, 1.82) is 0 Å². The second-order valence-corrected chi connectivity index (χ2v) is 6.63. The van der Waals surface area contributed by atoms with Crippen molar-refractivity contribution in [1.82, 2.24) is 4.98 Å². The Bertz CT molecular complexity index is 1070. The predicted octanol–water partition coefficient (Wildman–Crippen LogP) is 5.49. The molecule has 0 unspecified atom stereocenters. The summed E-state index contributed by atoms with van der Waals surface area (Å²) in [5.74, 6) is 1.12. The van der Waals surface area contributed by atoms with Gasteiger partial charge in [-0.2, -0.15) is 0 Å². The Morgan fingerprint density at radius 3 is 2.32 bits per heavy atom. The van der Waals surface area contributed by atoms with E-state index < -0.39 is 0 Å². The summed E-state index contributed by atoms with van der Waals surface area (Å²) in [5.41, 5.74) is 4.62. The van der Waals surface area contributed by atoms with Crippen LogP contribution in [0.5, 0.6) is 0 Å². The van der Waals surface area contributed by atoms with Gasteiger partial charge in [0.15, 0.2) is 0 Å². The fourth-order valence-corrected chi connectivity index (χ4v) is 3.09. The lowest BCUT2D eigenvalue weighted by atomic mass is 10.1. The Balaban J connectivity index is 1.46. The van der Waals surface area contributed by atoms with E-state index in [1.807, 2.05) is 66.7 Å². The molecule has 0 aliphatic rings. The number of carbonyl (C=O) groups excluding carboxylic acids is 1. The first kappa shape index (κ1) is 17.7. The van der Waals surface area contributed by atoms with Gasteiger partial charge < -0.3 is 9.73 Å². The molecule has 0 saturated carbocycles. The van der Waals surface area contributed by atoms with Gasteiger partial charge in [0.05, 0.1) is 5.56 Å². The second-order valence-electron chi connectivity index (χ2n) is 6.63. The highest BCUT2D eigenvalue weighted by atomic mass is 16.3. The van der Waals surface area contributed by atoms with E-state index in [-0.39, 0.29) is 5.91 Å². The molecule has 4 rings (SSSR count). The number of amides is 1. The molecular weight excluding hydrogens is 348 g/mol. The van der Waals surface area contributed by atoms with E-state index in [1.165, 1.54) is 11.1 Å². The second kappa shape index (κ2) is 7.92. The number of rotatable bonds is 5. The summed E-state index contributed by atoms with van der Waals surface area (Å²) >= 11 is 0. The molecule has 1 amide bonds. The minimum atomic E-state index is -0.176. The normalized spacial score (nSPS) is 10.6. The van der Waals surface area contributed by atoms with Crippen molar-refractivity contribution in [3.8, 4) is 11.3 Å². The molecule has 0 bridgehead atoms. The molecule has 0 aliphatic heterocycles. The van der Waals surface area contributed by atoms with E-state index in [9.17, 15) is 4.79 Å². The van der Waals surface area contributed by atoms with Crippen LogP contribution in [-0.2, 0) is 6.42 Å². The molecule has 138 valence electrons. The van der Waals surface area contributed by atoms with Gasteiger partial charge in [-0.3, -0.25) is 9.78 Å². The fourth-order valence-electron chi connectivity index (χ4n) is 3.09. The van der Waals surface area contributed by atoms with Gasteiger partial charge in [-0.25, -0.2) is 0 Å². The number of hydrogen-bond acceptors (Lipinski definition) is 3. The van der Waals surface area contributed by atoms with Gasteiger partial charge in [0.2, 0.25) is 0 Å². The van der Waals surface area contributed by atoms with Gasteiger partial charge in [0, 0.05) is 23.6 Å². The number of aryl methyl sites for hydroxylation is 1. The summed E-state index contributed by atoms with van der Waals surface area (Å²) in [7, 11) is 0. The lowest BCUT2D eigenvalue weighted by molar-refractivity contribution is 0.102. The molecule has 2 heterocycles. The first-order chi connectivity index (χ1) is 13.7. The number of furan rings is 1. The van der Waals surface area contributed by atoms with Crippen LogP contribution < -0.4 is 5.32 Å². The highest BCUT2D eigenvalue weighted by molar-refractivity contribution is 6.05. The summed E-state index contributed by atoms with van der Waals surface area (Å²) in [4.78, 5) is 16.7. The topological polar surface area (TPSA) is 55.1 Å². The molecule has 2 aromatic heterocycles. The molecule has 0 fully saturated rings. The molecular formula is C24H20N2O2. The van der Waals surface area contributed by atoms with Crippen LogP contribution in [0.25, 0.3) is 11.3 Å². The predicted molar refractivity (Wildman–Crippen MR) is 110 cm³/mol. The van der Waals surface area contributed by atoms with Crippen LogP contribution in [-0.4, -0.2) is 10.9 Å². The van der Waals surface area contributed by atoms with E-state index in [2.05, 4.69) is 10.3 Å². The number of pyridine rings is 1. The molecule has 0 radical (unpaired) electrons. The Morgan fingerprint density at radius 2 is 1.61 bits per heavy atom. The van der Waals surface area contributed by atoms with Crippen LogP contribution in [0, 0.1) is 6.92 Å². The maximum Gasteiger partial charge on any atom is 0.259 e. The van der Waals surface area contributed by atoms with Crippen LogP contribution in [0.15, 0.2) is 89.6 Å². The van der Waals surface area contributed by atoms with Crippen molar-refractivity contribution in [2.75, 3.05) is 5.32 Å². The van der Waals surface area contributed by atoms with E-state index >= 15 is 0 Å². The number of carbonyl (C=O) groups is 1. The van der Waals surface area contributed by atoms with E-state index in [1.54, 1.807) is 25.4 Å². The number of anilines is 1. The monoisotopic (exact) mass is 368 g/mol. The maximum atomic E-state index is 12.7. The number of benzene rings is 2. The van der Waals surface area contributed by atoms with Crippen molar-refractivity contribution in [3.05, 3.63) is 108 Å². The zero-order valence-electron chi connectivity index (χ0n) is 15.6. The third-order valence-corrected chi connectivity index (χ3v) is 4.59. The standard InChI is InChI=1S/C24H20N2O2/c1-17-22(16-23(28-17)20-5-3-2-4-6-20)24(27)26-21-9-7-18(8-10-21)15-19-11-13-25-14-12-19/h2-14,16H,15H2,1H3,(H,26,27). The van der Waals surface area contributed by atoms with Crippen molar-refractivity contribution >= 4 is 11.6 Å². The summed E-state index contributed by atoms with van der Waals surface area (Å²) in [5, 5.41) is 2.95. The average Bonchev–Trinajstić information content (AvgIpc) is 3.13. The number of hydrogen-bond donors (Lipinski definition) is 1. The summed E-state index contributed by atoms with van der Waals surface area (Å²) < 4.78 is 5.78. The molecule has 4 aromatic rings. The Labute approximate surface area is 163 Å². The Morgan fingerprint density at radius 1 is 0.929 bits per heavy atom. The van der Waals surface area contributed by atoms with E-state index in [0.29, 0.717) is 17.1 Å². The van der Waals surface area contributed by atoms with Gasteiger partial charge in [0.25, 0.3) is 5.91 Å². The van der Waals surface area contributed by atoms with E-state index in [0.717, 1.165) is 17.7 Å². The molecule has 1 N–H and O–H groups in total. The third-order valence-electron chi connectivity index (χ3n) is 4.59. The lowest BCUT2D eigenvalue weighted by Gasteiger charge is -2.06. The number of nitrogens with one attached hydrogen (secondary N) is 1. The molecule has 0 saturated heterocycles. The molecule has 0 aliphatic carbocycles. The van der Waals surface area contributed by atoms with Crippen molar-refractivity contribution in [3.63, 3.8) is 0 Å². The Kier molecular flexibility index (Phi) is 5.02. The van der Waals surface area contributed by atoms with Crippen LogP contribution in [0.2, 0.25) is 0 Å². The SMILES string of the molecule is Cc1oc(-c2ccccc2)cc1C(=O)Nc1ccc(Cc2ccncc2)cc1. The Hall–Kier alpha value is -3.66. The minimum absolute atomic E-state index is 0.176. The van der Waals surface area contributed by atoms with Gasteiger partial charge in [0.1, 0.15) is 11.5 Å². The van der Waals surface area contributed by atoms with Gasteiger partial charge in [-0.15, -0.1) is 0 Å². The number of nitrogens with zero attached hydrogens (tertiary/aromatic N) is 1. The van der Waals surface area contributed by atoms with Crippen molar-refractivity contribution in [2.45, 2.75) is 13.3 Å². The van der Waals surface area contributed by atoms with Gasteiger partial charge in [-0.05, 0) is 54.8 Å². The molecule has 4 nitrogen and oxygen atoms in total. The molecule has 4 heteroatoms. The van der Waals surface area contributed by atoms with Crippen LogP contribution in [0.4, 0.5) is 5.69 Å². The molecule has 28 heavy (non-hydrogen) atoms. The van der Waals surface area contributed by atoms with Crippen LogP contribution in [0.3, 0.4) is 0 Å². The average molecular weight is 368 g/mol. The molecule has 0 atom stereocenters. The summed E-state index contributed by atoms with van der Waals surface area (Å²) in [6, 6.07) is 23.4. The van der Waals surface area contributed by atoms with Gasteiger partial charge >= 0.3 is 0 Å². The fraction of sp³-hybridized carbons (Fsp3) is 0.0833. The highest BCUT2D eigenvalue weighted by Gasteiger charge is 2.16. The van der Waals surface area contributed by atoms with Crippen molar-refractivity contribution in [2.24, 2.45) is 0 Å². The number of aromatic nitrogens is 1. The van der Waals surface area contributed by atoms with Crippen molar-refractivity contribution < 1.29 is 9.21 Å².